The Hall–Kier alpha value is -1.76. The molecule has 0 spiro atoms. The lowest BCUT2D eigenvalue weighted by Gasteiger charge is -2.37. The fourth-order valence-electron chi connectivity index (χ4n) is 2.47. The van der Waals surface area contributed by atoms with E-state index in [0.717, 1.165) is 11.1 Å². The zero-order valence-corrected chi connectivity index (χ0v) is 13.6. The third kappa shape index (κ3) is 3.60. The van der Waals surface area contributed by atoms with Gasteiger partial charge in [0.1, 0.15) is 5.82 Å². The van der Waals surface area contributed by atoms with Crippen LogP contribution in [-0.2, 0) is 21.4 Å². The molecule has 0 saturated carbocycles. The van der Waals surface area contributed by atoms with Gasteiger partial charge in [0.05, 0.1) is 17.6 Å². The van der Waals surface area contributed by atoms with Crippen molar-refractivity contribution in [3.8, 4) is 0 Å². The third-order valence-electron chi connectivity index (χ3n) is 3.82. The normalized spacial score (nSPS) is 16.3. The number of aryl methyl sites for hydroxylation is 1. The Morgan fingerprint density at radius 1 is 1.17 bits per heavy atom. The molecule has 0 N–H and O–H groups in total. The maximum Gasteiger partial charge on any atom is 0.243 e. The van der Waals surface area contributed by atoms with Gasteiger partial charge in [-0.15, -0.1) is 0 Å². The Morgan fingerprint density at radius 2 is 1.91 bits per heavy atom. The first-order chi connectivity index (χ1) is 10.9. The minimum absolute atomic E-state index is 0.155. The molecule has 122 valence electrons. The summed E-state index contributed by atoms with van der Waals surface area (Å²) < 4.78 is 45.0. The van der Waals surface area contributed by atoms with Crippen LogP contribution in [0.5, 0.6) is 0 Å². The van der Waals surface area contributed by atoms with E-state index in [0.29, 0.717) is 18.0 Å². The Labute approximate surface area is 135 Å². The first-order valence-electron chi connectivity index (χ1n) is 7.38. The van der Waals surface area contributed by atoms with Gasteiger partial charge in [-0.25, -0.2) is 12.8 Å². The van der Waals surface area contributed by atoms with E-state index in [1.807, 2.05) is 13.0 Å². The zero-order chi connectivity index (χ0) is 16.4. The number of halogens is 1. The summed E-state index contributed by atoms with van der Waals surface area (Å²) >= 11 is 0. The highest BCUT2D eigenvalue weighted by atomic mass is 32.2. The van der Waals surface area contributed by atoms with Gasteiger partial charge in [-0.1, -0.05) is 24.3 Å². The van der Waals surface area contributed by atoms with Gasteiger partial charge in [0.15, 0.2) is 0 Å². The average Bonchev–Trinajstić information content (AvgIpc) is 2.45. The summed E-state index contributed by atoms with van der Waals surface area (Å²) in [4.78, 5) is 0.307. The number of ether oxygens (including phenoxy) is 1. The number of nitrogens with zero attached hydrogens (tertiary/aromatic N) is 1. The van der Waals surface area contributed by atoms with Crippen LogP contribution in [0.15, 0.2) is 53.4 Å². The molecule has 1 aliphatic rings. The lowest BCUT2D eigenvalue weighted by molar-refractivity contribution is -0.0296. The van der Waals surface area contributed by atoms with Crippen molar-refractivity contribution in [3.05, 3.63) is 65.5 Å². The summed E-state index contributed by atoms with van der Waals surface area (Å²) in [7, 11) is -3.45. The van der Waals surface area contributed by atoms with Crippen molar-refractivity contribution in [3.63, 3.8) is 0 Å². The molecule has 0 bridgehead atoms. The predicted octanol–water partition coefficient (Wildman–Crippen LogP) is 2.72. The monoisotopic (exact) mass is 335 g/mol. The van der Waals surface area contributed by atoms with Crippen molar-refractivity contribution in [1.29, 1.82) is 0 Å². The van der Waals surface area contributed by atoms with E-state index in [9.17, 15) is 12.8 Å². The second-order valence-electron chi connectivity index (χ2n) is 5.70. The van der Waals surface area contributed by atoms with Crippen LogP contribution in [0.25, 0.3) is 0 Å². The van der Waals surface area contributed by atoms with Crippen molar-refractivity contribution in [2.45, 2.75) is 24.5 Å². The van der Waals surface area contributed by atoms with Gasteiger partial charge in [0, 0.05) is 13.1 Å². The Balaban J connectivity index is 1.56. The number of rotatable bonds is 5. The Bertz CT molecular complexity index is 801. The number of hydrogen-bond acceptors (Lipinski definition) is 3. The van der Waals surface area contributed by atoms with Crippen LogP contribution in [0.3, 0.4) is 0 Å². The molecule has 0 amide bonds. The molecule has 0 atom stereocenters. The summed E-state index contributed by atoms with van der Waals surface area (Å²) in [6, 6.07) is 13.1. The molecule has 1 aliphatic heterocycles. The van der Waals surface area contributed by atoms with Crippen molar-refractivity contribution in [2.24, 2.45) is 0 Å². The van der Waals surface area contributed by atoms with E-state index in [-0.39, 0.29) is 18.5 Å². The lowest BCUT2D eigenvalue weighted by atomic mass is 10.2. The fourth-order valence-corrected chi connectivity index (χ4v) is 4.08. The maximum atomic E-state index is 13.1. The van der Waals surface area contributed by atoms with Crippen molar-refractivity contribution >= 4 is 10.0 Å². The van der Waals surface area contributed by atoms with E-state index >= 15 is 0 Å². The fraction of sp³-hybridized carbons (Fsp3) is 0.294. The number of benzene rings is 2. The van der Waals surface area contributed by atoms with Gasteiger partial charge in [-0.2, -0.15) is 4.31 Å². The van der Waals surface area contributed by atoms with Crippen LogP contribution in [0.4, 0.5) is 4.39 Å². The molecule has 6 heteroatoms. The van der Waals surface area contributed by atoms with E-state index in [1.54, 1.807) is 30.3 Å². The summed E-state index contributed by atoms with van der Waals surface area (Å²) in [5.41, 5.74) is 1.65. The van der Waals surface area contributed by atoms with Crippen LogP contribution >= 0.6 is 0 Å². The molecular weight excluding hydrogens is 317 g/mol. The summed E-state index contributed by atoms with van der Waals surface area (Å²) in [6.45, 7) is 2.79. The van der Waals surface area contributed by atoms with Crippen molar-refractivity contribution in [1.82, 2.24) is 4.31 Å². The first kappa shape index (κ1) is 16.1. The largest absolute Gasteiger partial charge is 0.371 e. The molecule has 1 fully saturated rings. The summed E-state index contributed by atoms with van der Waals surface area (Å²) in [5, 5.41) is 0. The molecule has 2 aromatic carbocycles. The quantitative estimate of drug-likeness (QED) is 0.844. The molecule has 0 aromatic heterocycles. The smallest absolute Gasteiger partial charge is 0.243 e. The third-order valence-corrected chi connectivity index (χ3v) is 5.64. The Morgan fingerprint density at radius 3 is 2.61 bits per heavy atom. The van der Waals surface area contributed by atoms with Gasteiger partial charge in [-0.3, -0.25) is 0 Å². The molecule has 0 radical (unpaired) electrons. The topological polar surface area (TPSA) is 46.6 Å². The van der Waals surface area contributed by atoms with Gasteiger partial charge in [0.25, 0.3) is 0 Å². The van der Waals surface area contributed by atoms with Crippen molar-refractivity contribution < 1.29 is 17.5 Å². The van der Waals surface area contributed by atoms with Crippen LogP contribution < -0.4 is 0 Å². The molecule has 1 heterocycles. The SMILES string of the molecule is Cc1cccc(S(=O)(=O)N2CC(OCc3cccc(F)c3)C2)c1. The minimum atomic E-state index is -3.45. The van der Waals surface area contributed by atoms with Crippen LogP contribution in [0.1, 0.15) is 11.1 Å². The highest BCUT2D eigenvalue weighted by Crippen LogP contribution is 2.24. The molecule has 3 rings (SSSR count). The molecule has 2 aromatic rings. The highest BCUT2D eigenvalue weighted by Gasteiger charge is 2.37. The molecule has 4 nitrogen and oxygen atoms in total. The second-order valence-corrected chi connectivity index (χ2v) is 7.64. The van der Waals surface area contributed by atoms with E-state index < -0.39 is 10.0 Å². The maximum absolute atomic E-state index is 13.1. The first-order valence-corrected chi connectivity index (χ1v) is 8.82. The van der Waals surface area contributed by atoms with Crippen LogP contribution in [0.2, 0.25) is 0 Å². The molecule has 0 aliphatic carbocycles. The highest BCUT2D eigenvalue weighted by molar-refractivity contribution is 7.89. The summed E-state index contributed by atoms with van der Waals surface area (Å²) in [5.74, 6) is -0.302. The van der Waals surface area contributed by atoms with Crippen LogP contribution in [0, 0.1) is 12.7 Å². The van der Waals surface area contributed by atoms with Gasteiger partial charge in [-0.05, 0) is 42.3 Å². The second kappa shape index (κ2) is 6.39. The van der Waals surface area contributed by atoms with E-state index in [4.69, 9.17) is 4.74 Å². The molecular formula is C17H18FNO3S. The number of hydrogen-bond donors (Lipinski definition) is 0. The van der Waals surface area contributed by atoms with Gasteiger partial charge in [0.2, 0.25) is 10.0 Å². The average molecular weight is 335 g/mol. The summed E-state index contributed by atoms with van der Waals surface area (Å²) in [6.07, 6.45) is -0.155. The van der Waals surface area contributed by atoms with Crippen molar-refractivity contribution in [2.75, 3.05) is 13.1 Å². The van der Waals surface area contributed by atoms with Gasteiger partial charge < -0.3 is 4.74 Å². The standard InChI is InChI=1S/C17H18FNO3S/c1-13-4-2-7-17(8-13)23(20,21)19-10-16(11-19)22-12-14-5-3-6-15(18)9-14/h2-9,16H,10-12H2,1H3. The number of sulfonamides is 1. The van der Waals surface area contributed by atoms with Crippen LogP contribution in [-0.4, -0.2) is 31.9 Å². The van der Waals surface area contributed by atoms with E-state index in [2.05, 4.69) is 0 Å². The molecule has 1 saturated heterocycles. The molecule has 0 unspecified atom stereocenters. The van der Waals surface area contributed by atoms with Gasteiger partial charge >= 0.3 is 0 Å². The Kier molecular flexibility index (Phi) is 4.48. The van der Waals surface area contributed by atoms with E-state index in [1.165, 1.54) is 16.4 Å². The predicted molar refractivity (Wildman–Crippen MR) is 84.9 cm³/mol. The zero-order valence-electron chi connectivity index (χ0n) is 12.8. The molecule has 23 heavy (non-hydrogen) atoms. The lowest BCUT2D eigenvalue weighted by Crippen LogP contribution is -2.54. The minimum Gasteiger partial charge on any atom is -0.371 e.